The summed E-state index contributed by atoms with van der Waals surface area (Å²) in [6.45, 7) is 0.490. The maximum Gasteiger partial charge on any atom is 0.239 e. The van der Waals surface area contributed by atoms with E-state index in [9.17, 15) is 4.79 Å². The van der Waals surface area contributed by atoms with Crippen molar-refractivity contribution in [2.75, 3.05) is 12.9 Å². The lowest BCUT2D eigenvalue weighted by Gasteiger charge is -2.16. The lowest BCUT2D eigenvalue weighted by molar-refractivity contribution is -0.124. The van der Waals surface area contributed by atoms with E-state index in [0.29, 0.717) is 17.5 Å². The molecule has 5 nitrogen and oxygen atoms in total. The molecule has 3 aromatic rings. The van der Waals surface area contributed by atoms with E-state index in [1.807, 2.05) is 42.5 Å². The van der Waals surface area contributed by atoms with Gasteiger partial charge < -0.3 is 4.74 Å². The number of ether oxygens (including phenoxy) is 1. The number of nitrogens with zero attached hydrogens (tertiary/aromatic N) is 3. The van der Waals surface area contributed by atoms with Crippen LogP contribution in [0.3, 0.4) is 0 Å². The fourth-order valence-corrected chi connectivity index (χ4v) is 3.90. The van der Waals surface area contributed by atoms with Crippen molar-refractivity contribution in [1.82, 2.24) is 4.90 Å². The molecular formula is C22H19N3O2S. The summed E-state index contributed by atoms with van der Waals surface area (Å²) in [4.78, 5) is 14.1. The molecule has 3 aromatic carbocycles. The van der Waals surface area contributed by atoms with Crippen molar-refractivity contribution < 1.29 is 9.53 Å². The smallest absolute Gasteiger partial charge is 0.239 e. The molecule has 0 aromatic heterocycles. The Balaban J connectivity index is 1.54. The maximum atomic E-state index is 12.4. The van der Waals surface area contributed by atoms with Gasteiger partial charge in [-0.05, 0) is 46.2 Å². The highest BCUT2D eigenvalue weighted by Gasteiger charge is 2.28. The van der Waals surface area contributed by atoms with Crippen LogP contribution in [0.25, 0.3) is 10.8 Å². The van der Waals surface area contributed by atoms with Crippen molar-refractivity contribution in [1.29, 1.82) is 0 Å². The number of amidine groups is 1. The summed E-state index contributed by atoms with van der Waals surface area (Å²) in [5.74, 6) is 1.24. The molecule has 1 heterocycles. The van der Waals surface area contributed by atoms with E-state index in [1.54, 1.807) is 18.2 Å². The van der Waals surface area contributed by atoms with Gasteiger partial charge in [-0.2, -0.15) is 5.10 Å². The maximum absolute atomic E-state index is 12.4. The third kappa shape index (κ3) is 3.92. The molecule has 1 aliphatic rings. The van der Waals surface area contributed by atoms with Crippen LogP contribution < -0.4 is 4.74 Å². The molecule has 0 aliphatic carbocycles. The Bertz CT molecular complexity index is 1060. The SMILES string of the molecule is COc1ccc(/C=N/N=C2/SCC(=O)N2Cc2cccc3ccccc23)cc1. The number of carbonyl (C=O) groups excluding carboxylic acids is 1. The first-order chi connectivity index (χ1) is 13.7. The summed E-state index contributed by atoms with van der Waals surface area (Å²) in [7, 11) is 1.63. The fourth-order valence-electron chi connectivity index (χ4n) is 3.06. The first kappa shape index (κ1) is 18.3. The molecule has 0 unspecified atom stereocenters. The average molecular weight is 389 g/mol. The molecule has 4 rings (SSSR count). The number of thioether (sulfide) groups is 1. The standard InChI is InChI=1S/C22H19N3O2S/c1-27-19-11-9-16(10-12-19)13-23-24-22-25(21(26)15-28-22)14-18-7-4-6-17-5-2-3-8-20(17)18/h2-13H,14-15H2,1H3/b23-13+,24-22+. The molecule has 1 fully saturated rings. The van der Waals surface area contributed by atoms with Gasteiger partial charge in [-0.3, -0.25) is 9.69 Å². The van der Waals surface area contributed by atoms with Crippen LogP contribution in [0.1, 0.15) is 11.1 Å². The summed E-state index contributed by atoms with van der Waals surface area (Å²) in [5.41, 5.74) is 2.01. The van der Waals surface area contributed by atoms with Crippen LogP contribution in [-0.4, -0.2) is 35.1 Å². The Kier molecular flexibility index (Phi) is 5.39. The third-order valence-electron chi connectivity index (χ3n) is 4.53. The number of methoxy groups -OCH3 is 1. The number of fused-ring (bicyclic) bond motifs is 1. The zero-order valence-corrected chi connectivity index (χ0v) is 16.2. The fraction of sp³-hybridized carbons (Fsp3) is 0.136. The van der Waals surface area contributed by atoms with Gasteiger partial charge in [-0.25, -0.2) is 0 Å². The molecule has 0 atom stereocenters. The molecular weight excluding hydrogens is 370 g/mol. The van der Waals surface area contributed by atoms with Crippen molar-refractivity contribution in [2.45, 2.75) is 6.54 Å². The van der Waals surface area contributed by atoms with Gasteiger partial charge in [0.1, 0.15) is 5.75 Å². The van der Waals surface area contributed by atoms with E-state index in [4.69, 9.17) is 4.74 Å². The van der Waals surface area contributed by atoms with Gasteiger partial charge in [-0.1, -0.05) is 54.2 Å². The van der Waals surface area contributed by atoms with Gasteiger partial charge >= 0.3 is 0 Å². The van der Waals surface area contributed by atoms with Crippen molar-refractivity contribution in [3.63, 3.8) is 0 Å². The monoisotopic (exact) mass is 389 g/mol. The average Bonchev–Trinajstić information content (AvgIpc) is 3.08. The summed E-state index contributed by atoms with van der Waals surface area (Å²) in [6, 6.07) is 21.9. The van der Waals surface area contributed by atoms with Crippen molar-refractivity contribution in [3.05, 3.63) is 77.9 Å². The molecule has 140 valence electrons. The molecule has 0 saturated carbocycles. The Labute approximate surface area is 167 Å². The second kappa shape index (κ2) is 8.27. The number of hydrogen-bond donors (Lipinski definition) is 0. The van der Waals surface area contributed by atoms with E-state index in [1.165, 1.54) is 11.8 Å². The normalized spacial score (nSPS) is 15.8. The molecule has 1 amide bonds. The lowest BCUT2D eigenvalue weighted by Crippen LogP contribution is -2.28. The van der Waals surface area contributed by atoms with E-state index < -0.39 is 0 Å². The minimum absolute atomic E-state index is 0.0522. The van der Waals surface area contributed by atoms with E-state index in [2.05, 4.69) is 34.5 Å². The van der Waals surface area contributed by atoms with Crippen molar-refractivity contribution in [3.8, 4) is 5.75 Å². The highest BCUT2D eigenvalue weighted by Crippen LogP contribution is 2.25. The Morgan fingerprint density at radius 3 is 2.68 bits per heavy atom. The Hall–Kier alpha value is -3.12. The number of hydrogen-bond acceptors (Lipinski definition) is 5. The number of benzene rings is 3. The first-order valence-corrected chi connectivity index (χ1v) is 9.88. The zero-order chi connectivity index (χ0) is 19.3. The van der Waals surface area contributed by atoms with E-state index in [0.717, 1.165) is 27.6 Å². The summed E-state index contributed by atoms with van der Waals surface area (Å²) in [6.07, 6.45) is 1.67. The number of carbonyl (C=O) groups is 1. The molecule has 1 aliphatic heterocycles. The number of amides is 1. The third-order valence-corrected chi connectivity index (χ3v) is 5.48. The highest BCUT2D eigenvalue weighted by molar-refractivity contribution is 8.15. The molecule has 28 heavy (non-hydrogen) atoms. The molecule has 1 saturated heterocycles. The van der Waals surface area contributed by atoms with E-state index >= 15 is 0 Å². The van der Waals surface area contributed by atoms with Crippen LogP contribution in [0.15, 0.2) is 76.9 Å². The van der Waals surface area contributed by atoms with Gasteiger partial charge in [0.25, 0.3) is 0 Å². The van der Waals surface area contributed by atoms with Crippen LogP contribution >= 0.6 is 11.8 Å². The summed E-state index contributed by atoms with van der Waals surface area (Å²) >= 11 is 1.42. The second-order valence-corrected chi connectivity index (χ2v) is 7.25. The molecule has 0 bridgehead atoms. The van der Waals surface area contributed by atoms with Crippen LogP contribution in [0.5, 0.6) is 5.75 Å². The quantitative estimate of drug-likeness (QED) is 0.483. The van der Waals surface area contributed by atoms with E-state index in [-0.39, 0.29) is 5.91 Å². The minimum atomic E-state index is 0.0522. The minimum Gasteiger partial charge on any atom is -0.497 e. The van der Waals surface area contributed by atoms with Crippen LogP contribution in [0.4, 0.5) is 0 Å². The highest BCUT2D eigenvalue weighted by atomic mass is 32.2. The largest absolute Gasteiger partial charge is 0.497 e. The molecule has 6 heteroatoms. The summed E-state index contributed by atoms with van der Waals surface area (Å²) < 4.78 is 5.15. The molecule has 0 spiro atoms. The Morgan fingerprint density at radius 1 is 1.07 bits per heavy atom. The first-order valence-electron chi connectivity index (χ1n) is 8.89. The van der Waals surface area contributed by atoms with Gasteiger partial charge in [0.2, 0.25) is 5.91 Å². The predicted molar refractivity (Wildman–Crippen MR) is 115 cm³/mol. The zero-order valence-electron chi connectivity index (χ0n) is 15.4. The second-order valence-electron chi connectivity index (χ2n) is 6.31. The van der Waals surface area contributed by atoms with Crippen molar-refractivity contribution in [2.24, 2.45) is 10.2 Å². The molecule has 0 N–H and O–H groups in total. The van der Waals surface area contributed by atoms with Crippen molar-refractivity contribution >= 4 is 39.8 Å². The Morgan fingerprint density at radius 2 is 1.86 bits per heavy atom. The summed E-state index contributed by atoms with van der Waals surface area (Å²) in [5, 5.41) is 11.4. The van der Waals surface area contributed by atoms with Crippen LogP contribution in [0, 0.1) is 0 Å². The predicted octanol–water partition coefficient (Wildman–Crippen LogP) is 4.31. The topological polar surface area (TPSA) is 54.3 Å². The van der Waals surface area contributed by atoms with Gasteiger partial charge in [-0.15, -0.1) is 5.10 Å². The van der Waals surface area contributed by atoms with Crippen LogP contribution in [0.2, 0.25) is 0 Å². The number of rotatable bonds is 5. The lowest BCUT2D eigenvalue weighted by atomic mass is 10.0. The van der Waals surface area contributed by atoms with Gasteiger partial charge in [0.05, 0.1) is 25.6 Å². The van der Waals surface area contributed by atoms with Gasteiger partial charge in [0.15, 0.2) is 5.17 Å². The molecule has 0 radical (unpaired) electrons. The van der Waals surface area contributed by atoms with Gasteiger partial charge in [0, 0.05) is 0 Å². The van der Waals surface area contributed by atoms with Crippen LogP contribution in [-0.2, 0) is 11.3 Å².